The lowest BCUT2D eigenvalue weighted by Gasteiger charge is -2.25. The minimum atomic E-state index is -1.59. The Balaban J connectivity index is 2.02. The molecule has 8 N–H and O–H groups in total. The minimum Gasteiger partial charge on any atom is -0.508 e. The van der Waals surface area contributed by atoms with Crippen molar-refractivity contribution in [3.8, 4) is 5.75 Å². The predicted molar refractivity (Wildman–Crippen MR) is 98.6 cm³/mol. The van der Waals surface area contributed by atoms with Crippen LogP contribution in [0.3, 0.4) is 0 Å². The Morgan fingerprint density at radius 1 is 1.30 bits per heavy atom. The van der Waals surface area contributed by atoms with Crippen LogP contribution in [0.4, 0.5) is 0 Å². The van der Waals surface area contributed by atoms with E-state index in [-0.39, 0.29) is 37.5 Å². The van der Waals surface area contributed by atoms with E-state index in [4.69, 9.17) is 21.5 Å². The monoisotopic (exact) mass is 379 g/mol. The van der Waals surface area contributed by atoms with Crippen LogP contribution in [0.25, 0.3) is 0 Å². The number of rotatable bonds is 8. The number of benzene rings is 1. The molecule has 1 amide bonds. The highest BCUT2D eigenvalue weighted by Crippen LogP contribution is 2.31. The zero-order valence-electron chi connectivity index (χ0n) is 15.0. The van der Waals surface area contributed by atoms with Gasteiger partial charge in [0.25, 0.3) is 0 Å². The number of amides is 1. The Hall–Kier alpha value is -2.14. The first-order valence-electron chi connectivity index (χ1n) is 8.84. The highest BCUT2D eigenvalue weighted by atomic mass is 16.4. The number of aliphatic carboxylic acids is 1. The summed E-state index contributed by atoms with van der Waals surface area (Å²) in [4.78, 5) is 25.7. The summed E-state index contributed by atoms with van der Waals surface area (Å²) in [6.07, 6.45) is 1.11. The molecule has 1 aliphatic heterocycles. The Labute approximate surface area is 157 Å². The molecule has 0 aromatic heterocycles. The first kappa shape index (κ1) is 21.2. The number of nitrogens with zero attached hydrogens (tertiary/aromatic N) is 1. The molecule has 1 aliphatic rings. The van der Waals surface area contributed by atoms with Crippen molar-refractivity contribution in [3.05, 3.63) is 29.8 Å². The molecule has 0 radical (unpaired) electrons. The molecule has 1 heterocycles. The maximum atomic E-state index is 12.7. The highest BCUT2D eigenvalue weighted by molar-refractivity contribution is 6.40. The first-order valence-corrected chi connectivity index (χ1v) is 8.84. The van der Waals surface area contributed by atoms with Crippen LogP contribution in [0.2, 0.25) is 6.32 Å². The second-order valence-corrected chi connectivity index (χ2v) is 7.15. The van der Waals surface area contributed by atoms with Crippen LogP contribution in [-0.2, 0) is 16.0 Å². The molecule has 10 heteroatoms. The molecule has 2 rings (SSSR count). The molecule has 1 aromatic rings. The number of carbonyl (C=O) groups excluding carboxylic acids is 1. The molecule has 0 unspecified atom stereocenters. The Morgan fingerprint density at radius 2 is 1.93 bits per heavy atom. The summed E-state index contributed by atoms with van der Waals surface area (Å²) in [5.41, 5.74) is 11.3. The van der Waals surface area contributed by atoms with Gasteiger partial charge in [0.15, 0.2) is 0 Å². The van der Waals surface area contributed by atoms with Gasteiger partial charge in [-0.3, -0.25) is 9.59 Å². The standard InChI is InChI=1S/C17H26BN3O6/c19-14(8-11-3-5-13(22)6-4-11)15(23)21-9-12(2-1-7-18(26)27)17(20,10-21)16(24)25/h3-6,12,14,22,26-27H,1-2,7-10,19-20H2,(H,24,25)/t12-,14-,17-/m0/s1. The summed E-state index contributed by atoms with van der Waals surface area (Å²) in [5, 5.41) is 36.7. The van der Waals surface area contributed by atoms with E-state index in [0.717, 1.165) is 5.56 Å². The number of carboxylic acid groups (broad SMARTS) is 1. The average Bonchev–Trinajstić information content (AvgIpc) is 2.94. The predicted octanol–water partition coefficient (Wildman–Crippen LogP) is -1.24. The van der Waals surface area contributed by atoms with E-state index < -0.39 is 30.6 Å². The van der Waals surface area contributed by atoms with Crippen molar-refractivity contribution in [2.75, 3.05) is 13.1 Å². The average molecular weight is 379 g/mol. The maximum absolute atomic E-state index is 12.7. The summed E-state index contributed by atoms with van der Waals surface area (Å²) < 4.78 is 0. The van der Waals surface area contributed by atoms with Gasteiger partial charge in [-0.05, 0) is 36.9 Å². The molecular weight excluding hydrogens is 353 g/mol. The molecule has 1 fully saturated rings. The Kier molecular flexibility index (Phi) is 6.82. The molecule has 1 saturated heterocycles. The summed E-state index contributed by atoms with van der Waals surface area (Å²) in [6.45, 7) is 0.0171. The summed E-state index contributed by atoms with van der Waals surface area (Å²) in [5.74, 6) is -1.97. The molecule has 9 nitrogen and oxygen atoms in total. The molecule has 3 atom stereocenters. The normalized spacial score (nSPS) is 23.3. The van der Waals surface area contributed by atoms with Crippen molar-refractivity contribution < 1.29 is 29.9 Å². The van der Waals surface area contributed by atoms with Crippen LogP contribution >= 0.6 is 0 Å². The fraction of sp³-hybridized carbons (Fsp3) is 0.529. The SMILES string of the molecule is N[C@@H](Cc1ccc(O)cc1)C(=O)N1C[C@H](CCCB(O)O)[C@](N)(C(=O)O)C1. The molecule has 1 aromatic carbocycles. The third-order valence-electron chi connectivity index (χ3n) is 5.06. The maximum Gasteiger partial charge on any atom is 0.451 e. The second-order valence-electron chi connectivity index (χ2n) is 7.15. The van der Waals surface area contributed by atoms with E-state index in [1.165, 1.54) is 17.0 Å². The molecule has 27 heavy (non-hydrogen) atoms. The number of aromatic hydroxyl groups is 1. The van der Waals surface area contributed by atoms with Gasteiger partial charge in [0.2, 0.25) is 5.91 Å². The number of likely N-dealkylation sites (tertiary alicyclic amines) is 1. The summed E-state index contributed by atoms with van der Waals surface area (Å²) in [7, 11) is -1.46. The van der Waals surface area contributed by atoms with E-state index in [0.29, 0.717) is 12.8 Å². The number of hydrogen-bond donors (Lipinski definition) is 6. The number of phenols is 1. The van der Waals surface area contributed by atoms with Gasteiger partial charge >= 0.3 is 13.1 Å². The van der Waals surface area contributed by atoms with Crippen LogP contribution in [-0.4, -0.2) is 68.8 Å². The molecule has 0 spiro atoms. The van der Waals surface area contributed by atoms with Gasteiger partial charge in [0.05, 0.1) is 6.04 Å². The second kappa shape index (κ2) is 8.70. The largest absolute Gasteiger partial charge is 0.508 e. The topological polar surface area (TPSA) is 170 Å². The Morgan fingerprint density at radius 3 is 2.48 bits per heavy atom. The van der Waals surface area contributed by atoms with Gasteiger partial charge in [-0.25, -0.2) is 0 Å². The van der Waals surface area contributed by atoms with Crippen LogP contribution in [0.1, 0.15) is 18.4 Å². The van der Waals surface area contributed by atoms with Crippen molar-refractivity contribution in [1.29, 1.82) is 0 Å². The van der Waals surface area contributed by atoms with Gasteiger partial charge in [0, 0.05) is 19.0 Å². The lowest BCUT2D eigenvalue weighted by atomic mass is 9.78. The fourth-order valence-electron chi connectivity index (χ4n) is 3.45. The van der Waals surface area contributed by atoms with Crippen LogP contribution < -0.4 is 11.5 Å². The zero-order valence-corrected chi connectivity index (χ0v) is 15.0. The van der Waals surface area contributed by atoms with E-state index in [9.17, 15) is 19.8 Å². The first-order chi connectivity index (χ1) is 12.6. The molecule has 0 saturated carbocycles. The van der Waals surface area contributed by atoms with Crippen molar-refractivity contribution in [2.24, 2.45) is 17.4 Å². The fourth-order valence-corrected chi connectivity index (χ4v) is 3.45. The number of nitrogens with two attached hydrogens (primary N) is 2. The van der Waals surface area contributed by atoms with Gasteiger partial charge < -0.3 is 36.6 Å². The van der Waals surface area contributed by atoms with Crippen molar-refractivity contribution in [2.45, 2.75) is 37.2 Å². The Bertz CT molecular complexity index is 671. The molecular formula is C17H26BN3O6. The minimum absolute atomic E-state index is 0.112. The number of carboxylic acids is 1. The van der Waals surface area contributed by atoms with E-state index >= 15 is 0 Å². The lowest BCUT2D eigenvalue weighted by molar-refractivity contribution is -0.144. The van der Waals surface area contributed by atoms with Crippen LogP contribution in [0.15, 0.2) is 24.3 Å². The van der Waals surface area contributed by atoms with E-state index in [1.54, 1.807) is 12.1 Å². The van der Waals surface area contributed by atoms with Crippen molar-refractivity contribution in [3.63, 3.8) is 0 Å². The summed E-state index contributed by atoms with van der Waals surface area (Å²) in [6, 6.07) is 5.48. The smallest absolute Gasteiger partial charge is 0.451 e. The van der Waals surface area contributed by atoms with Gasteiger partial charge in [-0.1, -0.05) is 18.6 Å². The van der Waals surface area contributed by atoms with Crippen LogP contribution in [0, 0.1) is 5.92 Å². The quantitative estimate of drug-likeness (QED) is 0.304. The van der Waals surface area contributed by atoms with Gasteiger partial charge in [0.1, 0.15) is 11.3 Å². The third-order valence-corrected chi connectivity index (χ3v) is 5.06. The molecule has 0 bridgehead atoms. The molecule has 148 valence electrons. The third kappa shape index (κ3) is 5.19. The van der Waals surface area contributed by atoms with Crippen molar-refractivity contribution in [1.82, 2.24) is 4.90 Å². The van der Waals surface area contributed by atoms with Gasteiger partial charge in [-0.2, -0.15) is 0 Å². The number of phenolic OH excluding ortho intramolecular Hbond substituents is 1. The lowest BCUT2D eigenvalue weighted by Crippen LogP contribution is -2.55. The zero-order chi connectivity index (χ0) is 20.2. The number of hydrogen-bond acceptors (Lipinski definition) is 7. The van der Waals surface area contributed by atoms with E-state index in [1.807, 2.05) is 0 Å². The number of carbonyl (C=O) groups is 2. The molecule has 0 aliphatic carbocycles. The van der Waals surface area contributed by atoms with Crippen LogP contribution in [0.5, 0.6) is 5.75 Å². The highest BCUT2D eigenvalue weighted by Gasteiger charge is 2.50. The summed E-state index contributed by atoms with van der Waals surface area (Å²) >= 11 is 0. The van der Waals surface area contributed by atoms with E-state index in [2.05, 4.69) is 0 Å². The van der Waals surface area contributed by atoms with Gasteiger partial charge in [-0.15, -0.1) is 0 Å². The van der Waals surface area contributed by atoms with Crippen molar-refractivity contribution >= 4 is 19.0 Å².